The van der Waals surface area contributed by atoms with Crippen molar-refractivity contribution >= 4 is 24.4 Å². The molecule has 1 heterocycles. The highest BCUT2D eigenvalue weighted by Gasteiger charge is 2.40. The predicted octanol–water partition coefficient (Wildman–Crippen LogP) is 3.14. The Labute approximate surface area is 173 Å². The Hall–Kier alpha value is -2.70. The van der Waals surface area contributed by atoms with Crippen LogP contribution in [0.2, 0.25) is 0 Å². The van der Waals surface area contributed by atoms with Crippen molar-refractivity contribution in [3.63, 3.8) is 0 Å². The van der Waals surface area contributed by atoms with Gasteiger partial charge in [-0.15, -0.1) is 0 Å². The van der Waals surface area contributed by atoms with E-state index in [2.05, 4.69) is 65.1 Å². The fourth-order valence-electron chi connectivity index (χ4n) is 3.95. The minimum atomic E-state index is -0.260. The molecule has 1 unspecified atom stereocenters. The summed E-state index contributed by atoms with van der Waals surface area (Å²) in [6.45, 7) is 8.85. The van der Waals surface area contributed by atoms with E-state index < -0.39 is 0 Å². The van der Waals surface area contributed by atoms with Gasteiger partial charge in [0.05, 0.1) is 17.9 Å². The summed E-state index contributed by atoms with van der Waals surface area (Å²) in [5.41, 5.74) is 3.16. The van der Waals surface area contributed by atoms with Crippen LogP contribution in [0.4, 0.5) is 11.4 Å². The van der Waals surface area contributed by atoms with Crippen LogP contribution in [0.5, 0.6) is 5.75 Å². The Morgan fingerprint density at radius 1 is 1.34 bits per heavy atom. The molecule has 29 heavy (non-hydrogen) atoms. The van der Waals surface area contributed by atoms with Crippen molar-refractivity contribution in [2.45, 2.75) is 18.9 Å². The van der Waals surface area contributed by atoms with Crippen LogP contribution in [0.25, 0.3) is 0 Å². The van der Waals surface area contributed by atoms with E-state index in [9.17, 15) is 4.79 Å². The highest BCUT2D eigenvalue weighted by atomic mass is 16.5. The summed E-state index contributed by atoms with van der Waals surface area (Å²) in [6.07, 6.45) is 1.81. The van der Waals surface area contributed by atoms with Gasteiger partial charge in [0.1, 0.15) is 24.3 Å². The van der Waals surface area contributed by atoms with Gasteiger partial charge in [-0.05, 0) is 51.9 Å². The van der Waals surface area contributed by atoms with Gasteiger partial charge in [0, 0.05) is 18.7 Å². The van der Waals surface area contributed by atoms with Crippen molar-refractivity contribution in [3.8, 4) is 5.75 Å². The van der Waals surface area contributed by atoms with Crippen LogP contribution in [0, 0.1) is 0 Å². The lowest BCUT2D eigenvalue weighted by molar-refractivity contribution is 0.112. The Bertz CT molecular complexity index is 855. The maximum absolute atomic E-state index is 11.3. The third-order valence-corrected chi connectivity index (χ3v) is 5.40. The number of aliphatic imine (C=N–C) groups is 1. The van der Waals surface area contributed by atoms with Crippen LogP contribution in [0.3, 0.4) is 0 Å². The molecule has 1 aliphatic rings. The highest BCUT2D eigenvalue weighted by Crippen LogP contribution is 2.45. The number of hydrogen-bond donors (Lipinski definition) is 1. The SMILES string of the molecule is C=Nc1cc(C=O)cc2c1N(CNC)C(C)(CN(C)CCc1ccccc1)CO2. The summed E-state index contributed by atoms with van der Waals surface area (Å²) in [6, 6.07) is 14.1. The average Bonchev–Trinajstić information content (AvgIpc) is 2.74. The molecule has 6 nitrogen and oxygen atoms in total. The lowest BCUT2D eigenvalue weighted by atomic mass is 9.96. The second-order valence-corrected chi connectivity index (χ2v) is 7.86. The van der Waals surface area contributed by atoms with Gasteiger partial charge in [-0.2, -0.15) is 0 Å². The van der Waals surface area contributed by atoms with Crippen LogP contribution < -0.4 is 15.0 Å². The molecule has 0 saturated heterocycles. The standard InChI is InChI=1S/C23H30N4O2/c1-23(15-26(4)11-10-18-8-6-5-7-9-18)16-29-21-13-19(14-28)12-20(25-3)22(21)27(23)17-24-2/h5-9,12-14,24H,3,10-11,15-17H2,1-2,4H3. The molecule has 0 amide bonds. The topological polar surface area (TPSA) is 57.2 Å². The van der Waals surface area contributed by atoms with Crippen molar-refractivity contribution in [2.24, 2.45) is 4.99 Å². The number of hydrogen-bond acceptors (Lipinski definition) is 6. The number of anilines is 1. The Morgan fingerprint density at radius 2 is 2.10 bits per heavy atom. The molecule has 3 rings (SSSR count). The number of nitrogens with one attached hydrogen (secondary N) is 1. The smallest absolute Gasteiger partial charge is 0.150 e. The van der Waals surface area contributed by atoms with Gasteiger partial charge in [-0.1, -0.05) is 30.3 Å². The monoisotopic (exact) mass is 394 g/mol. The molecule has 2 aromatic rings. The number of aldehydes is 1. The zero-order chi connectivity index (χ0) is 20.9. The minimum absolute atomic E-state index is 0.260. The molecule has 0 spiro atoms. The lowest BCUT2D eigenvalue weighted by Gasteiger charge is -2.48. The summed E-state index contributed by atoms with van der Waals surface area (Å²) in [4.78, 5) is 20.1. The van der Waals surface area contributed by atoms with Gasteiger partial charge in [0.15, 0.2) is 0 Å². The average molecular weight is 395 g/mol. The number of carbonyl (C=O) groups is 1. The van der Waals surface area contributed by atoms with E-state index in [0.29, 0.717) is 30.3 Å². The number of nitrogens with zero attached hydrogens (tertiary/aromatic N) is 3. The zero-order valence-corrected chi connectivity index (χ0v) is 17.5. The van der Waals surface area contributed by atoms with Crippen molar-refractivity contribution in [2.75, 3.05) is 45.4 Å². The molecule has 1 atom stereocenters. The number of benzene rings is 2. The molecule has 0 aliphatic carbocycles. The van der Waals surface area contributed by atoms with Gasteiger partial charge in [-0.3, -0.25) is 9.79 Å². The first kappa shape index (κ1) is 21.0. The van der Waals surface area contributed by atoms with Gasteiger partial charge >= 0.3 is 0 Å². The van der Waals surface area contributed by atoms with Crippen LogP contribution in [0.15, 0.2) is 47.5 Å². The minimum Gasteiger partial charge on any atom is -0.489 e. The molecule has 0 fully saturated rings. The Balaban J connectivity index is 1.82. The quantitative estimate of drug-likeness (QED) is 0.523. The van der Waals surface area contributed by atoms with Crippen molar-refractivity contribution in [3.05, 3.63) is 53.6 Å². The molecular formula is C23H30N4O2. The van der Waals surface area contributed by atoms with Crippen LogP contribution in [0.1, 0.15) is 22.8 Å². The largest absolute Gasteiger partial charge is 0.489 e. The summed E-state index contributed by atoms with van der Waals surface area (Å²) in [7, 11) is 4.07. The van der Waals surface area contributed by atoms with Crippen LogP contribution in [-0.2, 0) is 6.42 Å². The number of carbonyl (C=O) groups excluding carboxylic acids is 1. The van der Waals surface area contributed by atoms with Crippen LogP contribution in [-0.4, -0.2) is 63.9 Å². The van der Waals surface area contributed by atoms with E-state index in [1.165, 1.54) is 5.56 Å². The van der Waals surface area contributed by atoms with E-state index in [1.807, 2.05) is 13.1 Å². The summed E-state index contributed by atoms with van der Waals surface area (Å²) >= 11 is 0. The van der Waals surface area contributed by atoms with E-state index in [0.717, 1.165) is 31.5 Å². The van der Waals surface area contributed by atoms with E-state index in [1.54, 1.807) is 12.1 Å². The van der Waals surface area contributed by atoms with Gasteiger partial charge in [0.25, 0.3) is 0 Å². The number of ether oxygens (including phenoxy) is 1. The first-order valence-electron chi connectivity index (χ1n) is 9.88. The number of rotatable bonds is 9. The fourth-order valence-corrected chi connectivity index (χ4v) is 3.95. The van der Waals surface area contributed by atoms with E-state index >= 15 is 0 Å². The second-order valence-electron chi connectivity index (χ2n) is 7.86. The molecule has 154 valence electrons. The maximum Gasteiger partial charge on any atom is 0.150 e. The first-order valence-corrected chi connectivity index (χ1v) is 9.88. The van der Waals surface area contributed by atoms with Gasteiger partial charge in [0.2, 0.25) is 0 Å². The zero-order valence-electron chi connectivity index (χ0n) is 17.5. The molecule has 1 N–H and O–H groups in total. The highest BCUT2D eigenvalue weighted by molar-refractivity contribution is 5.86. The molecule has 1 aliphatic heterocycles. The third-order valence-electron chi connectivity index (χ3n) is 5.40. The normalized spacial score (nSPS) is 18.3. The molecule has 6 heteroatoms. The van der Waals surface area contributed by atoms with Gasteiger partial charge in [-0.25, -0.2) is 0 Å². The van der Waals surface area contributed by atoms with Crippen molar-refractivity contribution in [1.82, 2.24) is 10.2 Å². The lowest BCUT2D eigenvalue weighted by Crippen LogP contribution is -2.61. The Morgan fingerprint density at radius 3 is 2.76 bits per heavy atom. The first-order chi connectivity index (χ1) is 14.0. The number of fused-ring (bicyclic) bond motifs is 1. The molecular weight excluding hydrogens is 364 g/mol. The molecule has 2 aromatic carbocycles. The van der Waals surface area contributed by atoms with Crippen molar-refractivity contribution in [1.29, 1.82) is 0 Å². The molecule has 0 saturated carbocycles. The van der Waals surface area contributed by atoms with Gasteiger partial charge < -0.3 is 19.9 Å². The second kappa shape index (κ2) is 9.20. The number of likely N-dealkylation sites (N-methyl/N-ethyl adjacent to an activating group) is 1. The fraction of sp³-hybridized carbons (Fsp3) is 0.391. The third kappa shape index (κ3) is 4.66. The van der Waals surface area contributed by atoms with E-state index in [-0.39, 0.29) is 5.54 Å². The summed E-state index contributed by atoms with van der Waals surface area (Å²) < 4.78 is 6.12. The van der Waals surface area contributed by atoms with Crippen LogP contribution >= 0.6 is 0 Å². The molecule has 0 aromatic heterocycles. The molecule has 0 bridgehead atoms. The summed E-state index contributed by atoms with van der Waals surface area (Å²) in [5, 5.41) is 3.26. The molecule has 0 radical (unpaired) electrons. The van der Waals surface area contributed by atoms with E-state index in [4.69, 9.17) is 4.74 Å². The Kier molecular flexibility index (Phi) is 6.67. The summed E-state index contributed by atoms with van der Waals surface area (Å²) in [5.74, 6) is 0.677. The van der Waals surface area contributed by atoms with Crippen molar-refractivity contribution < 1.29 is 9.53 Å². The predicted molar refractivity (Wildman–Crippen MR) is 119 cm³/mol. The maximum atomic E-state index is 11.3.